The Morgan fingerprint density at radius 1 is 1.00 bits per heavy atom. The maximum atomic E-state index is 14.4. The Bertz CT molecular complexity index is 1930. The summed E-state index contributed by atoms with van der Waals surface area (Å²) in [5.41, 5.74) is 3.04. The number of fused-ring (bicyclic) bond motifs is 3. The number of nitrogens with zero attached hydrogens (tertiary/aromatic N) is 1. The van der Waals surface area contributed by atoms with Crippen molar-refractivity contribution in [2.24, 2.45) is 5.92 Å². The SMILES string of the molecule is COc1ccc([Si](C)(C)[C@H]2[C@H](CC(=O)N3Cc4ccccc4C[C@H]3CO)O[C@@]3(C(=O)Nc4ccc(NC(=O)c5ccccc5)cc43)[C@@H]2C)cc1. The summed E-state index contributed by atoms with van der Waals surface area (Å²) >= 11 is 0. The minimum Gasteiger partial charge on any atom is -0.497 e. The van der Waals surface area contributed by atoms with Crippen molar-refractivity contribution in [2.45, 2.75) is 62.7 Å². The molecule has 0 bridgehead atoms. The number of methoxy groups -OCH3 is 1. The molecule has 7 rings (SSSR count). The maximum absolute atomic E-state index is 14.4. The summed E-state index contributed by atoms with van der Waals surface area (Å²) in [6, 6.07) is 30.2. The summed E-state index contributed by atoms with van der Waals surface area (Å²) in [6.07, 6.45) is 0.0549. The molecule has 50 heavy (non-hydrogen) atoms. The first-order chi connectivity index (χ1) is 24.1. The van der Waals surface area contributed by atoms with E-state index in [0.717, 1.165) is 22.1 Å². The molecular weight excluding hydrogens is 647 g/mol. The molecule has 10 heteroatoms. The zero-order valence-corrected chi connectivity index (χ0v) is 29.8. The monoisotopic (exact) mass is 689 g/mol. The van der Waals surface area contributed by atoms with Crippen molar-refractivity contribution >= 4 is 42.4 Å². The highest BCUT2D eigenvalue weighted by molar-refractivity contribution is 6.91. The second-order valence-corrected chi connectivity index (χ2v) is 18.9. The molecule has 3 heterocycles. The van der Waals surface area contributed by atoms with Crippen molar-refractivity contribution in [1.82, 2.24) is 4.90 Å². The Balaban J connectivity index is 1.26. The lowest BCUT2D eigenvalue weighted by Gasteiger charge is -2.39. The van der Waals surface area contributed by atoms with E-state index in [9.17, 15) is 19.5 Å². The number of hydrogen-bond donors (Lipinski definition) is 3. The largest absolute Gasteiger partial charge is 0.497 e. The van der Waals surface area contributed by atoms with Crippen LogP contribution < -0.4 is 20.6 Å². The van der Waals surface area contributed by atoms with E-state index in [-0.39, 0.29) is 48.3 Å². The van der Waals surface area contributed by atoms with Gasteiger partial charge in [0.2, 0.25) is 5.91 Å². The van der Waals surface area contributed by atoms with Gasteiger partial charge in [-0.3, -0.25) is 14.4 Å². The zero-order valence-electron chi connectivity index (χ0n) is 28.8. The quantitative estimate of drug-likeness (QED) is 0.212. The van der Waals surface area contributed by atoms with Gasteiger partial charge in [-0.15, -0.1) is 0 Å². The Kier molecular flexibility index (Phi) is 8.88. The fourth-order valence-electron chi connectivity index (χ4n) is 8.54. The summed E-state index contributed by atoms with van der Waals surface area (Å²) in [5, 5.41) is 17.6. The van der Waals surface area contributed by atoms with Gasteiger partial charge in [-0.25, -0.2) is 0 Å². The van der Waals surface area contributed by atoms with Gasteiger partial charge in [0, 0.05) is 35.0 Å². The highest BCUT2D eigenvalue weighted by Crippen LogP contribution is 2.59. The molecule has 0 aliphatic carbocycles. The third kappa shape index (κ3) is 5.71. The predicted octanol–water partition coefficient (Wildman–Crippen LogP) is 5.45. The zero-order chi connectivity index (χ0) is 35.2. The molecule has 0 radical (unpaired) electrons. The third-order valence-electron chi connectivity index (χ3n) is 11.1. The van der Waals surface area contributed by atoms with E-state index in [2.05, 4.69) is 48.9 Å². The number of aliphatic hydroxyl groups is 1. The predicted molar refractivity (Wildman–Crippen MR) is 195 cm³/mol. The van der Waals surface area contributed by atoms with E-state index in [1.54, 1.807) is 36.3 Å². The van der Waals surface area contributed by atoms with E-state index in [0.29, 0.717) is 35.5 Å². The molecular formula is C40H43N3O6Si. The lowest BCUT2D eigenvalue weighted by molar-refractivity contribution is -0.149. The van der Waals surface area contributed by atoms with Crippen LogP contribution in [0.3, 0.4) is 0 Å². The van der Waals surface area contributed by atoms with E-state index < -0.39 is 19.8 Å². The van der Waals surface area contributed by atoms with Gasteiger partial charge in [0.1, 0.15) is 5.75 Å². The van der Waals surface area contributed by atoms with E-state index >= 15 is 0 Å². The number of amides is 3. The lowest BCUT2D eigenvalue weighted by Crippen LogP contribution is -2.52. The number of ether oxygens (including phenoxy) is 2. The molecule has 5 atom stereocenters. The van der Waals surface area contributed by atoms with Crippen LogP contribution in [-0.4, -0.2) is 61.7 Å². The molecule has 4 aromatic carbocycles. The Hall–Kier alpha value is -4.77. The molecule has 1 saturated heterocycles. The standard InChI is InChI=1S/C40H43N3O6Si/c1-25-37(50(3,4)32-17-15-31(48-2)16-18-32)35(22-36(45)43-23-28-13-9-8-12-27(28)20-30(43)24-44)49-40(25)33-21-29(14-19-34(33)42-39(40)47)41-38(46)26-10-6-5-7-11-26/h5-19,21,25,30,35,37,44H,20,22-24H2,1-4H3,(H,41,46)(H,42,47)/t25-,30+,35+,37-,40+/m1/s1. The normalized spacial score (nSPS) is 24.0. The molecule has 4 aromatic rings. The van der Waals surface area contributed by atoms with Crippen LogP contribution in [0, 0.1) is 5.92 Å². The van der Waals surface area contributed by atoms with Gasteiger partial charge in [0.25, 0.3) is 11.8 Å². The van der Waals surface area contributed by atoms with Gasteiger partial charge in [0.05, 0.1) is 40.4 Å². The number of hydrogen-bond acceptors (Lipinski definition) is 6. The van der Waals surface area contributed by atoms with Crippen LogP contribution in [0.1, 0.15) is 40.4 Å². The summed E-state index contributed by atoms with van der Waals surface area (Å²) in [5.74, 6) is -0.201. The first-order valence-electron chi connectivity index (χ1n) is 17.2. The van der Waals surface area contributed by atoms with Crippen LogP contribution in [0.25, 0.3) is 0 Å². The first-order valence-corrected chi connectivity index (χ1v) is 20.3. The van der Waals surface area contributed by atoms with Crippen molar-refractivity contribution in [1.29, 1.82) is 0 Å². The molecule has 0 saturated carbocycles. The molecule has 3 aliphatic rings. The van der Waals surface area contributed by atoms with Crippen LogP contribution in [-0.2, 0) is 32.9 Å². The Morgan fingerprint density at radius 2 is 1.70 bits per heavy atom. The maximum Gasteiger partial charge on any atom is 0.261 e. The topological polar surface area (TPSA) is 117 Å². The average molecular weight is 690 g/mol. The number of aliphatic hydroxyl groups excluding tert-OH is 1. The molecule has 0 aromatic heterocycles. The number of carbonyl (C=O) groups is 3. The van der Waals surface area contributed by atoms with Gasteiger partial charge in [0.15, 0.2) is 5.60 Å². The molecule has 9 nitrogen and oxygen atoms in total. The minimum atomic E-state index is -2.49. The van der Waals surface area contributed by atoms with E-state index in [1.807, 2.05) is 54.6 Å². The number of rotatable bonds is 8. The van der Waals surface area contributed by atoms with Crippen LogP contribution in [0.4, 0.5) is 11.4 Å². The Labute approximate surface area is 293 Å². The van der Waals surface area contributed by atoms with Gasteiger partial charge in [-0.2, -0.15) is 0 Å². The van der Waals surface area contributed by atoms with Crippen LogP contribution in [0.2, 0.25) is 18.6 Å². The van der Waals surface area contributed by atoms with E-state index in [4.69, 9.17) is 9.47 Å². The lowest BCUT2D eigenvalue weighted by atomic mass is 9.82. The summed E-state index contributed by atoms with van der Waals surface area (Å²) in [7, 11) is -0.846. The van der Waals surface area contributed by atoms with Crippen LogP contribution in [0.15, 0.2) is 97.1 Å². The number of benzene rings is 4. The molecule has 1 fully saturated rings. The van der Waals surface area contributed by atoms with Gasteiger partial charge >= 0.3 is 0 Å². The highest BCUT2D eigenvalue weighted by atomic mass is 28.3. The van der Waals surface area contributed by atoms with Crippen molar-refractivity contribution in [2.75, 3.05) is 24.4 Å². The molecule has 3 N–H and O–H groups in total. The summed E-state index contributed by atoms with van der Waals surface area (Å²) in [6.45, 7) is 6.87. The first kappa shape index (κ1) is 33.7. The second-order valence-electron chi connectivity index (χ2n) is 14.2. The van der Waals surface area contributed by atoms with Crippen molar-refractivity contribution in [3.63, 3.8) is 0 Å². The van der Waals surface area contributed by atoms with Crippen molar-refractivity contribution in [3.8, 4) is 5.75 Å². The molecule has 258 valence electrons. The second kappa shape index (κ2) is 13.2. The smallest absolute Gasteiger partial charge is 0.261 e. The summed E-state index contributed by atoms with van der Waals surface area (Å²) in [4.78, 5) is 43.5. The fourth-order valence-corrected chi connectivity index (χ4v) is 12.5. The number of anilines is 2. The highest BCUT2D eigenvalue weighted by Gasteiger charge is 2.65. The average Bonchev–Trinajstić information content (AvgIpc) is 3.59. The molecule has 3 amide bonds. The molecule has 3 aliphatic heterocycles. The fraction of sp³-hybridized carbons (Fsp3) is 0.325. The number of nitrogens with one attached hydrogen (secondary N) is 2. The van der Waals surface area contributed by atoms with Gasteiger partial charge in [-0.05, 0) is 65.6 Å². The number of carbonyl (C=O) groups excluding carboxylic acids is 3. The molecule has 0 unspecified atom stereocenters. The summed E-state index contributed by atoms with van der Waals surface area (Å²) < 4.78 is 12.5. The molecule has 1 spiro atoms. The Morgan fingerprint density at radius 3 is 2.40 bits per heavy atom. The van der Waals surface area contributed by atoms with E-state index in [1.165, 1.54) is 0 Å². The third-order valence-corrected chi connectivity index (χ3v) is 15.5. The van der Waals surface area contributed by atoms with Crippen LogP contribution in [0.5, 0.6) is 5.75 Å². The van der Waals surface area contributed by atoms with Gasteiger partial charge in [-0.1, -0.05) is 79.8 Å². The van der Waals surface area contributed by atoms with Gasteiger partial charge < -0.3 is 30.1 Å². The minimum absolute atomic E-state index is 0.0645. The van der Waals surface area contributed by atoms with Crippen molar-refractivity contribution < 1.29 is 29.0 Å². The van der Waals surface area contributed by atoms with Crippen molar-refractivity contribution in [3.05, 3.63) is 119 Å². The van der Waals surface area contributed by atoms with Crippen LogP contribution >= 0.6 is 0 Å².